The van der Waals surface area contributed by atoms with Crippen molar-refractivity contribution in [2.45, 2.75) is 20.3 Å². The van der Waals surface area contributed by atoms with Crippen LogP contribution >= 0.6 is 11.6 Å². The van der Waals surface area contributed by atoms with Crippen LogP contribution in [0.15, 0.2) is 66.7 Å². The molecule has 5 heteroatoms. The fraction of sp³-hybridized carbons (Fsp3) is 0.167. The fourth-order valence-corrected chi connectivity index (χ4v) is 3.07. The molecule has 2 N–H and O–H groups in total. The Morgan fingerprint density at radius 1 is 0.828 bits per heavy atom. The number of carbonyl (C=O) groups is 2. The zero-order valence-electron chi connectivity index (χ0n) is 16.5. The van der Waals surface area contributed by atoms with Crippen molar-refractivity contribution in [2.75, 3.05) is 11.9 Å². The summed E-state index contributed by atoms with van der Waals surface area (Å²) in [7, 11) is 0. The van der Waals surface area contributed by atoms with Crippen molar-refractivity contribution in [2.24, 2.45) is 0 Å². The molecule has 0 bridgehead atoms. The standard InChI is InChI=1S/C24H23ClN2O2/c1-16-8-9-19(14-17(16)2)24(29)27-22-15-20(10-11-21(22)25)23(28)26-13-12-18-6-4-3-5-7-18/h3-11,14-15H,12-13H2,1-2H3,(H,26,28)(H,27,29). The third-order valence-corrected chi connectivity index (χ3v) is 5.12. The average Bonchev–Trinajstić information content (AvgIpc) is 2.72. The Balaban J connectivity index is 1.66. The summed E-state index contributed by atoms with van der Waals surface area (Å²) in [4.78, 5) is 25.0. The molecule has 0 aliphatic heterocycles. The number of aryl methyl sites for hydroxylation is 2. The van der Waals surface area contributed by atoms with Gasteiger partial charge in [-0.3, -0.25) is 9.59 Å². The minimum atomic E-state index is -0.267. The van der Waals surface area contributed by atoms with Crippen molar-refractivity contribution in [3.63, 3.8) is 0 Å². The maximum absolute atomic E-state index is 12.6. The fourth-order valence-electron chi connectivity index (χ4n) is 2.91. The number of benzene rings is 3. The van der Waals surface area contributed by atoms with Gasteiger partial charge in [0.25, 0.3) is 11.8 Å². The molecular formula is C24H23ClN2O2. The molecule has 3 rings (SSSR count). The van der Waals surface area contributed by atoms with E-state index in [-0.39, 0.29) is 11.8 Å². The van der Waals surface area contributed by atoms with Gasteiger partial charge >= 0.3 is 0 Å². The van der Waals surface area contributed by atoms with Gasteiger partial charge in [-0.15, -0.1) is 0 Å². The summed E-state index contributed by atoms with van der Waals surface area (Å²) in [5.74, 6) is -0.476. The van der Waals surface area contributed by atoms with Crippen molar-refractivity contribution >= 4 is 29.1 Å². The lowest BCUT2D eigenvalue weighted by Gasteiger charge is -2.11. The lowest BCUT2D eigenvalue weighted by Crippen LogP contribution is -2.25. The first kappa shape index (κ1) is 20.6. The normalized spacial score (nSPS) is 10.4. The van der Waals surface area contributed by atoms with Gasteiger partial charge in [0.1, 0.15) is 0 Å². The quantitative estimate of drug-likeness (QED) is 0.592. The first-order valence-corrected chi connectivity index (χ1v) is 9.82. The molecule has 0 saturated carbocycles. The molecule has 0 heterocycles. The Morgan fingerprint density at radius 2 is 1.52 bits per heavy atom. The first-order valence-electron chi connectivity index (χ1n) is 9.44. The number of hydrogen-bond donors (Lipinski definition) is 2. The highest BCUT2D eigenvalue weighted by atomic mass is 35.5. The van der Waals surface area contributed by atoms with Crippen molar-refractivity contribution in [1.82, 2.24) is 5.32 Å². The smallest absolute Gasteiger partial charge is 0.255 e. The summed E-state index contributed by atoms with van der Waals surface area (Å²) in [6.07, 6.45) is 0.747. The number of amides is 2. The Bertz CT molecular complexity index is 1030. The summed E-state index contributed by atoms with van der Waals surface area (Å²) in [5.41, 5.74) is 4.71. The van der Waals surface area contributed by atoms with Crippen LogP contribution in [0.2, 0.25) is 5.02 Å². The summed E-state index contributed by atoms with van der Waals surface area (Å²) in [5, 5.41) is 6.08. The largest absolute Gasteiger partial charge is 0.352 e. The van der Waals surface area contributed by atoms with E-state index in [4.69, 9.17) is 11.6 Å². The van der Waals surface area contributed by atoms with Crippen LogP contribution in [-0.4, -0.2) is 18.4 Å². The molecule has 0 fully saturated rings. The molecule has 0 atom stereocenters. The number of hydrogen-bond acceptors (Lipinski definition) is 2. The van der Waals surface area contributed by atoms with Gasteiger partial charge < -0.3 is 10.6 Å². The highest BCUT2D eigenvalue weighted by Crippen LogP contribution is 2.24. The number of halogens is 1. The Morgan fingerprint density at radius 3 is 2.24 bits per heavy atom. The number of anilines is 1. The van der Waals surface area contributed by atoms with Gasteiger partial charge in [0.05, 0.1) is 10.7 Å². The zero-order valence-corrected chi connectivity index (χ0v) is 17.2. The summed E-state index contributed by atoms with van der Waals surface area (Å²) >= 11 is 6.23. The van der Waals surface area contributed by atoms with Gasteiger partial charge in [-0.2, -0.15) is 0 Å². The molecule has 0 aliphatic carbocycles. The highest BCUT2D eigenvalue weighted by molar-refractivity contribution is 6.34. The second-order valence-corrected chi connectivity index (χ2v) is 7.35. The minimum absolute atomic E-state index is 0.209. The molecule has 4 nitrogen and oxygen atoms in total. The molecule has 3 aromatic carbocycles. The topological polar surface area (TPSA) is 58.2 Å². The minimum Gasteiger partial charge on any atom is -0.352 e. The van der Waals surface area contributed by atoms with Crippen LogP contribution in [0.1, 0.15) is 37.4 Å². The SMILES string of the molecule is Cc1ccc(C(=O)Nc2cc(C(=O)NCCc3ccccc3)ccc2Cl)cc1C. The third kappa shape index (κ3) is 5.46. The van der Waals surface area contributed by atoms with Crippen LogP contribution in [0.5, 0.6) is 0 Å². The van der Waals surface area contributed by atoms with Crippen LogP contribution < -0.4 is 10.6 Å². The predicted octanol–water partition coefficient (Wildman–Crippen LogP) is 5.18. The van der Waals surface area contributed by atoms with Gasteiger partial charge in [0.15, 0.2) is 0 Å². The van der Waals surface area contributed by atoms with Crippen molar-refractivity contribution in [1.29, 1.82) is 0 Å². The average molecular weight is 407 g/mol. The van der Waals surface area contributed by atoms with Gasteiger partial charge in [-0.1, -0.05) is 48.0 Å². The lowest BCUT2D eigenvalue weighted by molar-refractivity contribution is 0.0952. The van der Waals surface area contributed by atoms with Crippen molar-refractivity contribution in [3.05, 3.63) is 99.6 Å². The summed E-state index contributed by atoms with van der Waals surface area (Å²) in [6.45, 7) is 4.48. The highest BCUT2D eigenvalue weighted by Gasteiger charge is 2.13. The molecule has 148 valence electrons. The molecule has 0 aromatic heterocycles. The molecule has 0 aliphatic rings. The lowest BCUT2D eigenvalue weighted by atomic mass is 10.1. The first-order chi connectivity index (χ1) is 13.9. The number of rotatable bonds is 6. The van der Waals surface area contributed by atoms with E-state index in [0.29, 0.717) is 28.4 Å². The third-order valence-electron chi connectivity index (χ3n) is 4.79. The van der Waals surface area contributed by atoms with Crippen LogP contribution in [-0.2, 0) is 6.42 Å². The maximum atomic E-state index is 12.6. The van der Waals surface area contributed by atoms with E-state index >= 15 is 0 Å². The van der Waals surface area contributed by atoms with Crippen LogP contribution in [0.4, 0.5) is 5.69 Å². The molecule has 2 amide bonds. The van der Waals surface area contributed by atoms with E-state index < -0.39 is 0 Å². The Kier molecular flexibility index (Phi) is 6.68. The van der Waals surface area contributed by atoms with E-state index in [0.717, 1.165) is 23.1 Å². The Labute approximate surface area is 175 Å². The van der Waals surface area contributed by atoms with Gasteiger partial charge in [0.2, 0.25) is 0 Å². The summed E-state index contributed by atoms with van der Waals surface area (Å²) in [6, 6.07) is 20.3. The monoisotopic (exact) mass is 406 g/mol. The zero-order chi connectivity index (χ0) is 20.8. The van der Waals surface area contributed by atoms with Crippen molar-refractivity contribution < 1.29 is 9.59 Å². The predicted molar refractivity (Wildman–Crippen MR) is 118 cm³/mol. The molecule has 0 radical (unpaired) electrons. The van der Waals surface area contributed by atoms with E-state index in [1.807, 2.05) is 56.3 Å². The molecule has 0 unspecified atom stereocenters. The van der Waals surface area contributed by atoms with E-state index in [1.54, 1.807) is 24.3 Å². The maximum Gasteiger partial charge on any atom is 0.255 e. The van der Waals surface area contributed by atoms with Gasteiger partial charge in [-0.25, -0.2) is 0 Å². The molecule has 0 spiro atoms. The molecule has 29 heavy (non-hydrogen) atoms. The van der Waals surface area contributed by atoms with E-state index in [2.05, 4.69) is 10.6 Å². The van der Waals surface area contributed by atoms with Gasteiger partial charge in [0, 0.05) is 17.7 Å². The van der Waals surface area contributed by atoms with Crippen LogP contribution in [0, 0.1) is 13.8 Å². The molecule has 3 aromatic rings. The molecular weight excluding hydrogens is 384 g/mol. The van der Waals surface area contributed by atoms with Crippen LogP contribution in [0.3, 0.4) is 0 Å². The second kappa shape index (κ2) is 9.39. The van der Waals surface area contributed by atoms with Crippen LogP contribution in [0.25, 0.3) is 0 Å². The Hall–Kier alpha value is -3.11. The van der Waals surface area contributed by atoms with E-state index in [1.165, 1.54) is 0 Å². The van der Waals surface area contributed by atoms with E-state index in [9.17, 15) is 9.59 Å². The van der Waals surface area contributed by atoms with Crippen molar-refractivity contribution in [3.8, 4) is 0 Å². The van der Waals surface area contributed by atoms with Gasteiger partial charge in [-0.05, 0) is 67.3 Å². The molecule has 0 saturated heterocycles. The summed E-state index contributed by atoms with van der Waals surface area (Å²) < 4.78 is 0. The number of nitrogens with one attached hydrogen (secondary N) is 2. The number of carbonyl (C=O) groups excluding carboxylic acids is 2. The second-order valence-electron chi connectivity index (χ2n) is 6.94.